The molecule has 0 aromatic rings. The minimum Gasteiger partial charge on any atom is -0.462 e. The first kappa shape index (κ1) is 82.1. The zero-order chi connectivity index (χ0) is 62.0. The summed E-state index contributed by atoms with van der Waals surface area (Å²) in [7, 11) is -9.88. The highest BCUT2D eigenvalue weighted by molar-refractivity contribution is 7.47. The van der Waals surface area contributed by atoms with Crippen molar-refractivity contribution in [2.75, 3.05) is 39.6 Å². The third kappa shape index (κ3) is 57.8. The lowest BCUT2D eigenvalue weighted by Gasteiger charge is -2.21. The Balaban J connectivity index is 5.21. The van der Waals surface area contributed by atoms with E-state index in [1.165, 1.54) is 141 Å². The van der Waals surface area contributed by atoms with E-state index in [0.29, 0.717) is 25.7 Å². The largest absolute Gasteiger partial charge is 0.472 e. The standard InChI is InChI=1S/C65H126O17P2/c1-6-10-13-16-19-21-22-23-24-25-30-34-39-44-49-63(68)76-55-61(82-65(70)51-46-41-36-31-27-26-29-33-37-42-47-58(5)9-4)57-80-84(73,74)78-53-59(66)52-77-83(71,72)79-56-60(54-75-62(67)48-43-38-32-18-15-12-8-3)81-64(69)50-45-40-35-28-20-17-14-11-7-2/h58-61,66H,6-57H2,1-5H3,(H,71,72)(H,73,74)/t58?,59-,60+,61+/m0/s1. The average Bonchev–Trinajstić information content (AvgIpc) is 3.61. The predicted molar refractivity (Wildman–Crippen MR) is 335 cm³/mol. The van der Waals surface area contributed by atoms with Crippen molar-refractivity contribution in [3.8, 4) is 0 Å². The van der Waals surface area contributed by atoms with E-state index >= 15 is 0 Å². The Morgan fingerprint density at radius 2 is 0.571 bits per heavy atom. The molecule has 0 fully saturated rings. The molecule has 498 valence electrons. The first-order chi connectivity index (χ1) is 40.6. The quantitative estimate of drug-likeness (QED) is 0.0222. The normalized spacial score (nSPS) is 14.5. The van der Waals surface area contributed by atoms with Crippen LogP contribution in [0, 0.1) is 5.92 Å². The minimum atomic E-state index is -4.95. The van der Waals surface area contributed by atoms with Crippen molar-refractivity contribution in [1.82, 2.24) is 0 Å². The van der Waals surface area contributed by atoms with Gasteiger partial charge in [-0.25, -0.2) is 9.13 Å². The lowest BCUT2D eigenvalue weighted by atomic mass is 9.99. The first-order valence-electron chi connectivity index (χ1n) is 34.2. The number of phosphoric acid groups is 2. The van der Waals surface area contributed by atoms with Crippen molar-refractivity contribution >= 4 is 39.5 Å². The zero-order valence-electron chi connectivity index (χ0n) is 54.0. The number of esters is 4. The van der Waals surface area contributed by atoms with E-state index in [1.807, 2.05) is 0 Å². The van der Waals surface area contributed by atoms with E-state index in [-0.39, 0.29) is 25.7 Å². The van der Waals surface area contributed by atoms with E-state index < -0.39 is 97.5 Å². The second-order valence-electron chi connectivity index (χ2n) is 23.7. The topological polar surface area (TPSA) is 237 Å². The van der Waals surface area contributed by atoms with E-state index in [1.54, 1.807) is 0 Å². The molecular weight excluding hydrogens is 1110 g/mol. The van der Waals surface area contributed by atoms with Crippen LogP contribution < -0.4 is 0 Å². The van der Waals surface area contributed by atoms with Crippen molar-refractivity contribution in [1.29, 1.82) is 0 Å². The Labute approximate surface area is 511 Å². The van der Waals surface area contributed by atoms with E-state index in [9.17, 15) is 43.2 Å². The Kier molecular flexibility index (Phi) is 57.4. The van der Waals surface area contributed by atoms with Crippen LogP contribution >= 0.6 is 15.6 Å². The molecule has 0 aliphatic rings. The van der Waals surface area contributed by atoms with Crippen molar-refractivity contribution < 1.29 is 80.2 Å². The number of carbonyl (C=O) groups excluding carboxylic acids is 4. The molecule has 0 bridgehead atoms. The Hall–Kier alpha value is -1.94. The third-order valence-corrected chi connectivity index (χ3v) is 17.3. The number of ether oxygens (including phenoxy) is 4. The summed E-state index contributed by atoms with van der Waals surface area (Å²) in [4.78, 5) is 72.1. The van der Waals surface area contributed by atoms with Crippen molar-refractivity contribution in [3.05, 3.63) is 0 Å². The molecule has 0 aromatic carbocycles. The predicted octanol–water partition coefficient (Wildman–Crippen LogP) is 18.2. The zero-order valence-corrected chi connectivity index (χ0v) is 55.8. The van der Waals surface area contributed by atoms with Gasteiger partial charge in [-0.1, -0.05) is 279 Å². The van der Waals surface area contributed by atoms with Crippen molar-refractivity contribution in [2.45, 2.75) is 348 Å². The van der Waals surface area contributed by atoms with Crippen LogP contribution in [0.3, 0.4) is 0 Å². The lowest BCUT2D eigenvalue weighted by molar-refractivity contribution is -0.161. The second kappa shape index (κ2) is 58.7. The molecule has 0 rings (SSSR count). The van der Waals surface area contributed by atoms with Crippen LogP contribution in [-0.2, 0) is 65.4 Å². The number of carbonyl (C=O) groups is 4. The number of unbranched alkanes of at least 4 members (excludes halogenated alkanes) is 36. The number of hydrogen-bond donors (Lipinski definition) is 3. The Morgan fingerprint density at radius 1 is 0.333 bits per heavy atom. The number of aliphatic hydroxyl groups is 1. The van der Waals surface area contributed by atoms with Gasteiger partial charge in [-0.3, -0.25) is 37.3 Å². The summed E-state index contributed by atoms with van der Waals surface area (Å²) in [5.74, 6) is -1.33. The lowest BCUT2D eigenvalue weighted by Crippen LogP contribution is -2.30. The molecule has 0 spiro atoms. The van der Waals surface area contributed by atoms with Crippen LogP contribution in [0.25, 0.3) is 0 Å². The molecule has 3 N–H and O–H groups in total. The molecule has 84 heavy (non-hydrogen) atoms. The maximum absolute atomic E-state index is 13.0. The SMILES string of the molecule is CCCCCCCCCCCCCCCCC(=O)OC[C@H](COP(=O)(O)OC[C@@H](O)COP(=O)(O)OC[C@@H](COC(=O)CCCCCCCCC)OC(=O)CCCCCCCCCCC)OC(=O)CCCCCCCCCCCCC(C)CC. The van der Waals surface area contributed by atoms with Crippen LogP contribution in [0.15, 0.2) is 0 Å². The summed E-state index contributed by atoms with van der Waals surface area (Å²) < 4.78 is 67.9. The van der Waals surface area contributed by atoms with Gasteiger partial charge in [-0.15, -0.1) is 0 Å². The number of aliphatic hydroxyl groups excluding tert-OH is 1. The van der Waals surface area contributed by atoms with Crippen LogP contribution in [0.4, 0.5) is 0 Å². The van der Waals surface area contributed by atoms with Gasteiger partial charge in [0, 0.05) is 25.7 Å². The average molecular weight is 1240 g/mol. The van der Waals surface area contributed by atoms with Gasteiger partial charge < -0.3 is 33.8 Å². The minimum absolute atomic E-state index is 0.105. The fourth-order valence-electron chi connectivity index (χ4n) is 9.73. The van der Waals surface area contributed by atoms with Gasteiger partial charge in [-0.05, 0) is 31.6 Å². The third-order valence-electron chi connectivity index (χ3n) is 15.4. The maximum atomic E-state index is 13.0. The summed E-state index contributed by atoms with van der Waals surface area (Å²) in [5, 5.41) is 10.5. The number of phosphoric ester groups is 2. The number of hydrogen-bond acceptors (Lipinski definition) is 15. The van der Waals surface area contributed by atoms with Crippen molar-refractivity contribution in [3.63, 3.8) is 0 Å². The Bertz CT molecular complexity index is 1640. The highest BCUT2D eigenvalue weighted by Gasteiger charge is 2.30. The monoisotopic (exact) mass is 1240 g/mol. The van der Waals surface area contributed by atoms with Gasteiger partial charge in [0.2, 0.25) is 0 Å². The van der Waals surface area contributed by atoms with Crippen LogP contribution in [0.2, 0.25) is 0 Å². The van der Waals surface area contributed by atoms with Crippen molar-refractivity contribution in [2.24, 2.45) is 5.92 Å². The second-order valence-corrected chi connectivity index (χ2v) is 26.7. The molecule has 0 aromatic heterocycles. The summed E-state index contributed by atoms with van der Waals surface area (Å²) in [5.41, 5.74) is 0. The fourth-order valence-corrected chi connectivity index (χ4v) is 11.3. The Morgan fingerprint density at radius 3 is 0.845 bits per heavy atom. The molecule has 6 atom stereocenters. The van der Waals surface area contributed by atoms with E-state index in [0.717, 1.165) is 109 Å². The smallest absolute Gasteiger partial charge is 0.462 e. The maximum Gasteiger partial charge on any atom is 0.472 e. The van der Waals surface area contributed by atoms with Crippen LogP contribution in [0.1, 0.15) is 330 Å². The summed E-state index contributed by atoms with van der Waals surface area (Å²) in [6, 6.07) is 0. The summed E-state index contributed by atoms with van der Waals surface area (Å²) in [6.45, 7) is 7.18. The van der Waals surface area contributed by atoms with Gasteiger partial charge >= 0.3 is 39.5 Å². The molecule has 3 unspecified atom stereocenters. The highest BCUT2D eigenvalue weighted by atomic mass is 31.2. The summed E-state index contributed by atoms with van der Waals surface area (Å²) >= 11 is 0. The molecule has 0 radical (unpaired) electrons. The summed E-state index contributed by atoms with van der Waals surface area (Å²) in [6.07, 6.45) is 43.0. The first-order valence-corrected chi connectivity index (χ1v) is 37.2. The van der Waals surface area contributed by atoms with Crippen LogP contribution in [0.5, 0.6) is 0 Å². The van der Waals surface area contributed by atoms with E-state index in [2.05, 4.69) is 34.6 Å². The van der Waals surface area contributed by atoms with Crippen LogP contribution in [-0.4, -0.2) is 96.7 Å². The molecule has 0 saturated carbocycles. The highest BCUT2D eigenvalue weighted by Crippen LogP contribution is 2.45. The molecule has 0 amide bonds. The van der Waals surface area contributed by atoms with Gasteiger partial charge in [0.1, 0.15) is 19.3 Å². The molecule has 0 aliphatic carbocycles. The molecule has 0 aliphatic heterocycles. The van der Waals surface area contributed by atoms with Gasteiger partial charge in [-0.2, -0.15) is 0 Å². The molecule has 17 nitrogen and oxygen atoms in total. The van der Waals surface area contributed by atoms with E-state index in [4.69, 9.17) is 37.0 Å². The fraction of sp³-hybridized carbons (Fsp3) is 0.938. The van der Waals surface area contributed by atoms with Gasteiger partial charge in [0.25, 0.3) is 0 Å². The molecular formula is C65H126O17P2. The number of rotatable bonds is 65. The molecule has 0 saturated heterocycles. The van der Waals surface area contributed by atoms with Gasteiger partial charge in [0.05, 0.1) is 26.4 Å². The molecule has 19 heteroatoms. The molecule has 0 heterocycles. The van der Waals surface area contributed by atoms with Gasteiger partial charge in [0.15, 0.2) is 12.2 Å².